The third-order valence-corrected chi connectivity index (χ3v) is 6.05. The SMILES string of the molecule is CCC(C(=O)OC(C)C)n1cnc2sc(C(=O)OCCc3ccccc3)c(C)c2c1=O. The Morgan fingerprint density at radius 1 is 1.19 bits per heavy atom. The van der Waals surface area contributed by atoms with Gasteiger partial charge in [-0.15, -0.1) is 11.3 Å². The van der Waals surface area contributed by atoms with Crippen LogP contribution in [0.15, 0.2) is 41.5 Å². The molecule has 0 saturated carbocycles. The molecule has 164 valence electrons. The van der Waals surface area contributed by atoms with Crippen LogP contribution < -0.4 is 5.56 Å². The molecule has 0 aliphatic rings. The van der Waals surface area contributed by atoms with E-state index in [0.717, 1.165) is 16.9 Å². The van der Waals surface area contributed by atoms with E-state index in [-0.39, 0.29) is 18.3 Å². The number of carbonyl (C=O) groups is 2. The van der Waals surface area contributed by atoms with E-state index in [0.29, 0.717) is 33.5 Å². The largest absolute Gasteiger partial charge is 0.461 e. The van der Waals surface area contributed by atoms with Crippen molar-refractivity contribution in [3.63, 3.8) is 0 Å². The van der Waals surface area contributed by atoms with E-state index < -0.39 is 18.0 Å². The minimum atomic E-state index is -0.771. The van der Waals surface area contributed by atoms with Crippen molar-refractivity contribution in [2.24, 2.45) is 0 Å². The van der Waals surface area contributed by atoms with Crippen LogP contribution in [-0.2, 0) is 20.7 Å². The molecule has 0 saturated heterocycles. The molecule has 3 aromatic rings. The number of hydrogen-bond donors (Lipinski definition) is 0. The summed E-state index contributed by atoms with van der Waals surface area (Å²) < 4.78 is 12.0. The van der Waals surface area contributed by atoms with Gasteiger partial charge in [-0.25, -0.2) is 14.6 Å². The Morgan fingerprint density at radius 2 is 1.90 bits per heavy atom. The second kappa shape index (κ2) is 9.87. The lowest BCUT2D eigenvalue weighted by molar-refractivity contribution is -0.151. The van der Waals surface area contributed by atoms with Crippen molar-refractivity contribution in [2.45, 2.75) is 52.7 Å². The Labute approximate surface area is 184 Å². The van der Waals surface area contributed by atoms with Crippen molar-refractivity contribution in [1.82, 2.24) is 9.55 Å². The van der Waals surface area contributed by atoms with Crippen molar-refractivity contribution in [3.05, 3.63) is 63.0 Å². The second-order valence-electron chi connectivity index (χ2n) is 7.47. The van der Waals surface area contributed by atoms with Crippen LogP contribution in [0, 0.1) is 6.92 Å². The highest BCUT2D eigenvalue weighted by atomic mass is 32.1. The molecule has 0 N–H and O–H groups in total. The predicted octanol–water partition coefficient (Wildman–Crippen LogP) is 4.07. The maximum absolute atomic E-state index is 13.1. The molecule has 1 aromatic carbocycles. The molecule has 8 heteroatoms. The summed E-state index contributed by atoms with van der Waals surface area (Å²) in [6.07, 6.45) is 2.06. The molecule has 1 unspecified atom stereocenters. The topological polar surface area (TPSA) is 87.5 Å². The van der Waals surface area contributed by atoms with Crippen LogP contribution in [0.1, 0.15) is 54.0 Å². The average Bonchev–Trinajstić information content (AvgIpc) is 3.07. The van der Waals surface area contributed by atoms with Gasteiger partial charge in [0.25, 0.3) is 5.56 Å². The maximum atomic E-state index is 13.1. The third-order valence-electron chi connectivity index (χ3n) is 4.87. The molecule has 0 amide bonds. The highest BCUT2D eigenvalue weighted by Crippen LogP contribution is 2.28. The molecular weight excluding hydrogens is 416 g/mol. The number of benzene rings is 1. The molecule has 0 radical (unpaired) electrons. The molecule has 31 heavy (non-hydrogen) atoms. The smallest absolute Gasteiger partial charge is 0.348 e. The zero-order valence-electron chi connectivity index (χ0n) is 18.1. The first kappa shape index (κ1) is 22.7. The van der Waals surface area contributed by atoms with Gasteiger partial charge >= 0.3 is 11.9 Å². The summed E-state index contributed by atoms with van der Waals surface area (Å²) >= 11 is 1.12. The van der Waals surface area contributed by atoms with Gasteiger partial charge in [0.15, 0.2) is 0 Å². The fourth-order valence-electron chi connectivity index (χ4n) is 3.31. The first-order valence-corrected chi connectivity index (χ1v) is 11.1. The van der Waals surface area contributed by atoms with Crippen LogP contribution in [0.5, 0.6) is 0 Å². The van der Waals surface area contributed by atoms with Gasteiger partial charge in [-0.1, -0.05) is 37.3 Å². The number of aromatic nitrogens is 2. The fraction of sp³-hybridized carbons (Fsp3) is 0.391. The van der Waals surface area contributed by atoms with Crippen molar-refractivity contribution in [3.8, 4) is 0 Å². The number of carbonyl (C=O) groups excluding carboxylic acids is 2. The number of thiophene rings is 1. The molecule has 7 nitrogen and oxygen atoms in total. The van der Waals surface area contributed by atoms with Gasteiger partial charge in [-0.2, -0.15) is 0 Å². The lowest BCUT2D eigenvalue weighted by atomic mass is 10.2. The Kier molecular flexibility index (Phi) is 7.22. The Bertz CT molecular complexity index is 1130. The lowest BCUT2D eigenvalue weighted by Gasteiger charge is -2.18. The summed E-state index contributed by atoms with van der Waals surface area (Å²) in [5.74, 6) is -0.956. The van der Waals surface area contributed by atoms with Crippen LogP contribution in [0.2, 0.25) is 0 Å². The summed E-state index contributed by atoms with van der Waals surface area (Å²) in [4.78, 5) is 43.3. The highest BCUT2D eigenvalue weighted by molar-refractivity contribution is 7.20. The molecular formula is C23H26N2O5S. The van der Waals surface area contributed by atoms with Gasteiger partial charge in [0.05, 0.1) is 24.4 Å². The molecule has 1 atom stereocenters. The molecule has 0 bridgehead atoms. The number of hydrogen-bond acceptors (Lipinski definition) is 7. The zero-order valence-corrected chi connectivity index (χ0v) is 18.9. The van der Waals surface area contributed by atoms with Crippen molar-refractivity contribution in [1.29, 1.82) is 0 Å². The van der Waals surface area contributed by atoms with E-state index in [1.807, 2.05) is 30.3 Å². The molecule has 0 aliphatic heterocycles. The average molecular weight is 443 g/mol. The quantitative estimate of drug-likeness (QED) is 0.489. The molecule has 0 spiro atoms. The molecule has 0 fully saturated rings. The van der Waals surface area contributed by atoms with Crippen LogP contribution in [0.4, 0.5) is 0 Å². The van der Waals surface area contributed by atoms with Crippen LogP contribution in [0.25, 0.3) is 10.2 Å². The van der Waals surface area contributed by atoms with E-state index in [1.165, 1.54) is 10.9 Å². The standard InChI is InChI=1S/C23H26N2O5S/c1-5-17(22(27)30-14(2)3)25-13-24-20-18(21(25)26)15(4)19(31-20)23(28)29-12-11-16-9-7-6-8-10-16/h6-10,13-14,17H,5,11-12H2,1-4H3. The Balaban J connectivity index is 1.84. The summed E-state index contributed by atoms with van der Waals surface area (Å²) in [5.41, 5.74) is 1.23. The van der Waals surface area contributed by atoms with Gasteiger partial charge < -0.3 is 9.47 Å². The lowest BCUT2D eigenvalue weighted by Crippen LogP contribution is -2.32. The molecule has 2 aromatic heterocycles. The van der Waals surface area contributed by atoms with Crippen LogP contribution >= 0.6 is 11.3 Å². The zero-order chi connectivity index (χ0) is 22.5. The second-order valence-corrected chi connectivity index (χ2v) is 8.47. The maximum Gasteiger partial charge on any atom is 0.348 e. The summed E-state index contributed by atoms with van der Waals surface area (Å²) in [6.45, 7) is 7.26. The Morgan fingerprint density at radius 3 is 2.55 bits per heavy atom. The number of fused-ring (bicyclic) bond motifs is 1. The minimum Gasteiger partial charge on any atom is -0.461 e. The first-order chi connectivity index (χ1) is 14.8. The number of aryl methyl sites for hydroxylation is 1. The third kappa shape index (κ3) is 5.02. The van der Waals surface area contributed by atoms with Crippen molar-refractivity contribution in [2.75, 3.05) is 6.61 Å². The van der Waals surface area contributed by atoms with Gasteiger partial charge in [-0.05, 0) is 38.3 Å². The molecule has 0 aliphatic carbocycles. The van der Waals surface area contributed by atoms with Crippen molar-refractivity contribution >= 4 is 33.5 Å². The predicted molar refractivity (Wildman–Crippen MR) is 120 cm³/mol. The fourth-order valence-corrected chi connectivity index (χ4v) is 4.35. The van der Waals surface area contributed by atoms with Gasteiger partial charge in [-0.3, -0.25) is 9.36 Å². The normalized spacial score (nSPS) is 12.2. The number of rotatable bonds is 8. The van der Waals surface area contributed by atoms with Crippen LogP contribution in [-0.4, -0.2) is 34.2 Å². The van der Waals surface area contributed by atoms with E-state index in [1.54, 1.807) is 27.7 Å². The number of ether oxygens (including phenoxy) is 2. The summed E-state index contributed by atoms with van der Waals surface area (Å²) in [5, 5.41) is 0.332. The van der Waals surface area contributed by atoms with Gasteiger partial charge in [0.1, 0.15) is 15.7 Å². The number of esters is 2. The Hall–Kier alpha value is -3.00. The minimum absolute atomic E-state index is 0.243. The van der Waals surface area contributed by atoms with E-state index >= 15 is 0 Å². The van der Waals surface area contributed by atoms with E-state index in [2.05, 4.69) is 4.98 Å². The van der Waals surface area contributed by atoms with E-state index in [9.17, 15) is 14.4 Å². The summed E-state index contributed by atoms with van der Waals surface area (Å²) in [7, 11) is 0. The highest BCUT2D eigenvalue weighted by Gasteiger charge is 2.26. The molecule has 3 rings (SSSR count). The summed E-state index contributed by atoms with van der Waals surface area (Å²) in [6, 6.07) is 8.97. The van der Waals surface area contributed by atoms with Gasteiger partial charge in [0.2, 0.25) is 0 Å². The van der Waals surface area contributed by atoms with Crippen molar-refractivity contribution < 1.29 is 19.1 Å². The number of nitrogens with zero attached hydrogens (tertiary/aromatic N) is 2. The first-order valence-electron chi connectivity index (χ1n) is 10.2. The van der Waals surface area contributed by atoms with E-state index in [4.69, 9.17) is 9.47 Å². The molecule has 2 heterocycles. The van der Waals surface area contributed by atoms with Gasteiger partial charge in [0, 0.05) is 6.42 Å². The monoisotopic (exact) mass is 442 g/mol. The van der Waals surface area contributed by atoms with Crippen LogP contribution in [0.3, 0.4) is 0 Å².